The molecule has 5 N–H and O–H groups in total. The molecular weight excluding hydrogens is 461 g/mol. The number of pyridine rings is 2. The lowest BCUT2D eigenvalue weighted by Gasteiger charge is -2.11. The van der Waals surface area contributed by atoms with Crippen LogP contribution in [0.3, 0.4) is 0 Å². The van der Waals surface area contributed by atoms with Gasteiger partial charge in [-0.2, -0.15) is 13.2 Å². The highest BCUT2D eigenvalue weighted by atomic mass is 19.4. The van der Waals surface area contributed by atoms with Gasteiger partial charge in [0.1, 0.15) is 5.82 Å². The van der Waals surface area contributed by atoms with Crippen LogP contribution in [0.1, 0.15) is 36.0 Å². The van der Waals surface area contributed by atoms with Gasteiger partial charge in [0.15, 0.2) is 0 Å². The van der Waals surface area contributed by atoms with E-state index in [0.717, 1.165) is 29.0 Å². The maximum absolute atomic E-state index is 11.2. The Morgan fingerprint density at radius 2 is 1.68 bits per heavy atom. The summed E-state index contributed by atoms with van der Waals surface area (Å²) < 4.78 is 31.7. The Morgan fingerprint density at radius 1 is 0.971 bits per heavy atom. The first-order valence-corrected chi connectivity index (χ1v) is 9.92. The summed E-state index contributed by atoms with van der Waals surface area (Å²) in [7, 11) is 0. The second-order valence-electron chi connectivity index (χ2n) is 6.99. The Kier molecular flexibility index (Phi) is 9.07. The van der Waals surface area contributed by atoms with Crippen LogP contribution in [0.2, 0.25) is 0 Å². The van der Waals surface area contributed by atoms with Crippen LogP contribution in [-0.2, 0) is 9.59 Å². The van der Waals surface area contributed by atoms with Crippen LogP contribution in [0.15, 0.2) is 36.7 Å². The number of hydroxylamine groups is 1. The lowest BCUT2D eigenvalue weighted by atomic mass is 10.1. The summed E-state index contributed by atoms with van der Waals surface area (Å²) in [4.78, 5) is 39.9. The highest BCUT2D eigenvalue weighted by molar-refractivity contribution is 6.10. The predicted molar refractivity (Wildman–Crippen MR) is 115 cm³/mol. The van der Waals surface area contributed by atoms with Crippen LogP contribution >= 0.6 is 0 Å². The number of fused-ring (bicyclic) bond motifs is 3. The van der Waals surface area contributed by atoms with Crippen LogP contribution in [0.4, 0.5) is 19.0 Å². The number of benzene rings is 1. The zero-order valence-corrected chi connectivity index (χ0v) is 17.6. The molecule has 0 aliphatic rings. The van der Waals surface area contributed by atoms with Gasteiger partial charge in [-0.05, 0) is 31.0 Å². The molecule has 0 aliphatic heterocycles. The summed E-state index contributed by atoms with van der Waals surface area (Å²) >= 11 is 0. The molecule has 0 saturated heterocycles. The Hall–Kier alpha value is -4.00. The van der Waals surface area contributed by atoms with Crippen molar-refractivity contribution in [2.75, 3.05) is 11.9 Å². The van der Waals surface area contributed by atoms with E-state index in [4.69, 9.17) is 15.1 Å². The zero-order valence-electron chi connectivity index (χ0n) is 17.6. The average molecular weight is 482 g/mol. The number of hydrogen-bond donors (Lipinski definition) is 5. The number of carbonyl (C=O) groups is 3. The van der Waals surface area contributed by atoms with Crippen molar-refractivity contribution in [1.29, 1.82) is 0 Å². The molecule has 3 aromatic rings. The number of hydrogen-bond acceptors (Lipinski definition) is 7. The Balaban J connectivity index is 0.000000509. The normalized spacial score (nSPS) is 10.9. The van der Waals surface area contributed by atoms with Crippen LogP contribution in [0.5, 0.6) is 0 Å². The molecule has 0 unspecified atom stereocenters. The van der Waals surface area contributed by atoms with E-state index in [2.05, 4.69) is 15.3 Å². The van der Waals surface area contributed by atoms with Gasteiger partial charge in [-0.1, -0.05) is 12.5 Å². The number of alkyl halides is 3. The molecule has 34 heavy (non-hydrogen) atoms. The van der Waals surface area contributed by atoms with E-state index in [1.54, 1.807) is 36.1 Å². The summed E-state index contributed by atoms with van der Waals surface area (Å²) in [6.45, 7) is 0.662. The monoisotopic (exact) mass is 482 g/mol. The maximum atomic E-state index is 11.2. The number of anilines is 1. The molecule has 2 aromatic heterocycles. The van der Waals surface area contributed by atoms with Crippen molar-refractivity contribution >= 4 is 45.3 Å². The predicted octanol–water partition coefficient (Wildman–Crippen LogP) is 3.59. The summed E-state index contributed by atoms with van der Waals surface area (Å²) in [6.07, 6.45) is 0.999. The number of carboxylic acids is 2. The van der Waals surface area contributed by atoms with Crippen LogP contribution in [-0.4, -0.2) is 56.0 Å². The summed E-state index contributed by atoms with van der Waals surface area (Å²) in [5, 5.41) is 30.8. The van der Waals surface area contributed by atoms with E-state index >= 15 is 0 Å². The van der Waals surface area contributed by atoms with Crippen LogP contribution in [0, 0.1) is 0 Å². The van der Waals surface area contributed by atoms with Crippen molar-refractivity contribution < 1.29 is 43.0 Å². The molecule has 13 heteroatoms. The molecule has 0 aliphatic carbocycles. The first kappa shape index (κ1) is 26.3. The largest absolute Gasteiger partial charge is 0.490 e. The lowest BCUT2D eigenvalue weighted by molar-refractivity contribution is -0.192. The van der Waals surface area contributed by atoms with Crippen molar-refractivity contribution in [2.24, 2.45) is 0 Å². The molecule has 3 rings (SSSR count). The molecule has 0 atom stereocenters. The number of carboxylic acid groups (broad SMARTS) is 2. The summed E-state index contributed by atoms with van der Waals surface area (Å²) in [5.41, 5.74) is 2.40. The molecule has 2 heterocycles. The van der Waals surface area contributed by atoms with Crippen molar-refractivity contribution in [2.45, 2.75) is 31.9 Å². The van der Waals surface area contributed by atoms with Gasteiger partial charge in [0.25, 0.3) is 0 Å². The minimum Gasteiger partial charge on any atom is -0.478 e. The second kappa shape index (κ2) is 11.7. The third kappa shape index (κ3) is 7.27. The van der Waals surface area contributed by atoms with E-state index in [0.29, 0.717) is 24.3 Å². The highest BCUT2D eigenvalue weighted by Crippen LogP contribution is 2.29. The van der Waals surface area contributed by atoms with E-state index in [1.165, 1.54) is 0 Å². The molecule has 0 fully saturated rings. The smallest absolute Gasteiger partial charge is 0.478 e. The maximum Gasteiger partial charge on any atom is 0.490 e. The number of rotatable bonds is 8. The quantitative estimate of drug-likeness (QED) is 0.140. The molecule has 0 saturated carbocycles. The number of carbonyl (C=O) groups excluding carboxylic acids is 1. The third-order valence-electron chi connectivity index (χ3n) is 4.58. The Morgan fingerprint density at radius 3 is 2.29 bits per heavy atom. The minimum absolute atomic E-state index is 0.186. The number of unbranched alkanes of at least 4 members (excludes halogenated alkanes) is 2. The van der Waals surface area contributed by atoms with Gasteiger partial charge >= 0.3 is 18.1 Å². The fraction of sp³-hybridized carbons (Fsp3) is 0.286. The van der Waals surface area contributed by atoms with Crippen LogP contribution < -0.4 is 10.8 Å². The van der Waals surface area contributed by atoms with E-state index < -0.39 is 18.1 Å². The molecule has 0 radical (unpaired) electrons. The Labute approximate surface area is 190 Å². The topological polar surface area (TPSA) is 162 Å². The minimum atomic E-state index is -5.08. The molecule has 1 aromatic carbocycles. The fourth-order valence-corrected chi connectivity index (χ4v) is 2.97. The van der Waals surface area contributed by atoms with Crippen molar-refractivity contribution in [3.05, 3.63) is 42.2 Å². The molecular formula is C21H21F3N4O6. The number of nitrogens with zero attached hydrogens (tertiary/aromatic N) is 2. The van der Waals surface area contributed by atoms with Gasteiger partial charge in [0.05, 0.1) is 11.1 Å². The van der Waals surface area contributed by atoms with E-state index in [9.17, 15) is 27.9 Å². The van der Waals surface area contributed by atoms with Crippen molar-refractivity contribution in [3.8, 4) is 0 Å². The number of aromatic nitrogens is 2. The summed E-state index contributed by atoms with van der Waals surface area (Å²) in [5.74, 6) is -3.46. The standard InChI is InChI=1S/C19H20N4O4.C2HF3O2/c24-17(23-27)4-2-1-3-8-21-18-14-7-9-20-11-15(14)13-6-5-12(19(25)26)10-16(13)22-18;3-2(4,5)1(6)7/h5-7,9-11,27H,1-4,8H2,(H,21,22)(H,23,24)(H,25,26);(H,6,7). The number of aromatic carboxylic acids is 1. The Bertz CT molecular complexity index is 1190. The number of nitrogens with one attached hydrogen (secondary N) is 2. The van der Waals surface area contributed by atoms with Gasteiger partial charge in [-0.3, -0.25) is 15.0 Å². The van der Waals surface area contributed by atoms with Gasteiger partial charge < -0.3 is 15.5 Å². The molecule has 0 bridgehead atoms. The van der Waals surface area contributed by atoms with E-state index in [-0.39, 0.29) is 17.9 Å². The van der Waals surface area contributed by atoms with Gasteiger partial charge in [0, 0.05) is 41.5 Å². The van der Waals surface area contributed by atoms with Gasteiger partial charge in [-0.25, -0.2) is 20.1 Å². The van der Waals surface area contributed by atoms with Crippen molar-refractivity contribution in [3.63, 3.8) is 0 Å². The van der Waals surface area contributed by atoms with Crippen LogP contribution in [0.25, 0.3) is 21.7 Å². The highest BCUT2D eigenvalue weighted by Gasteiger charge is 2.38. The lowest BCUT2D eigenvalue weighted by Crippen LogP contribution is -2.21. The molecule has 182 valence electrons. The molecule has 10 nitrogen and oxygen atoms in total. The number of aliphatic carboxylic acids is 1. The number of halogens is 3. The van der Waals surface area contributed by atoms with Gasteiger partial charge in [-0.15, -0.1) is 0 Å². The molecule has 1 amide bonds. The second-order valence-corrected chi connectivity index (χ2v) is 6.99. The third-order valence-corrected chi connectivity index (χ3v) is 4.58. The van der Waals surface area contributed by atoms with E-state index in [1.807, 2.05) is 6.07 Å². The SMILES string of the molecule is O=C(CCCCCNc1nc2cc(C(=O)O)ccc2c2cnccc12)NO.O=C(O)C(F)(F)F. The van der Waals surface area contributed by atoms with Gasteiger partial charge in [0.2, 0.25) is 5.91 Å². The summed E-state index contributed by atoms with van der Waals surface area (Å²) in [6, 6.07) is 6.75. The molecule has 0 spiro atoms. The first-order valence-electron chi connectivity index (χ1n) is 9.92. The fourth-order valence-electron chi connectivity index (χ4n) is 2.97. The zero-order chi connectivity index (χ0) is 25.3. The first-order chi connectivity index (χ1) is 16.0. The van der Waals surface area contributed by atoms with Crippen molar-refractivity contribution in [1.82, 2.24) is 15.4 Å². The average Bonchev–Trinajstić information content (AvgIpc) is 2.80. The number of amides is 1.